The van der Waals surface area contributed by atoms with Crippen LogP contribution in [0.25, 0.3) is 5.65 Å². The molecule has 0 N–H and O–H groups in total. The van der Waals surface area contributed by atoms with Crippen molar-refractivity contribution in [2.45, 2.75) is 46.1 Å². The first kappa shape index (κ1) is 14.3. The van der Waals surface area contributed by atoms with Crippen molar-refractivity contribution in [2.75, 3.05) is 25.1 Å². The fraction of sp³-hybridized carbons (Fsp3) is 0.625. The van der Waals surface area contributed by atoms with Crippen LogP contribution in [0.2, 0.25) is 0 Å². The number of nitrogens with zero attached hydrogens (tertiary/aromatic N) is 4. The minimum absolute atomic E-state index is 0.324. The second-order valence-electron chi connectivity index (χ2n) is 6.07. The molecule has 1 fully saturated rings. The Bertz CT molecular complexity index is 643. The van der Waals surface area contributed by atoms with Gasteiger partial charge in [-0.15, -0.1) is 0 Å². The Balaban J connectivity index is 1.93. The highest BCUT2D eigenvalue weighted by Crippen LogP contribution is 2.22. The van der Waals surface area contributed by atoms with E-state index in [1.165, 1.54) is 12.8 Å². The molecule has 2 aromatic heterocycles. The molecule has 0 radical (unpaired) electrons. The number of aromatic nitrogens is 3. The topological polar surface area (TPSA) is 42.7 Å². The van der Waals surface area contributed by atoms with E-state index in [9.17, 15) is 0 Å². The van der Waals surface area contributed by atoms with Gasteiger partial charge in [0.2, 0.25) is 0 Å². The molecule has 5 nitrogen and oxygen atoms in total. The van der Waals surface area contributed by atoms with Crippen LogP contribution < -0.4 is 4.90 Å². The Kier molecular flexibility index (Phi) is 3.85. The van der Waals surface area contributed by atoms with E-state index < -0.39 is 0 Å². The van der Waals surface area contributed by atoms with Crippen molar-refractivity contribution < 1.29 is 4.74 Å². The maximum Gasteiger partial charge on any atom is 0.160 e. The molecule has 5 heteroatoms. The fourth-order valence-electron chi connectivity index (χ4n) is 2.95. The SMILES string of the molecule is Cc1cc(N(C)C[C@H]2CCCCO2)n2nc(C)c(C)c2n1. The van der Waals surface area contributed by atoms with Crippen LogP contribution in [0.15, 0.2) is 6.07 Å². The van der Waals surface area contributed by atoms with Crippen LogP contribution in [0.3, 0.4) is 0 Å². The fourth-order valence-corrected chi connectivity index (χ4v) is 2.95. The van der Waals surface area contributed by atoms with E-state index in [0.717, 1.165) is 48.0 Å². The quantitative estimate of drug-likeness (QED) is 0.871. The highest BCUT2D eigenvalue weighted by Gasteiger charge is 2.19. The third-order valence-electron chi connectivity index (χ3n) is 4.31. The normalized spacial score (nSPS) is 19.1. The maximum atomic E-state index is 5.85. The van der Waals surface area contributed by atoms with Gasteiger partial charge in [0.15, 0.2) is 5.65 Å². The Morgan fingerprint density at radius 2 is 2.14 bits per heavy atom. The lowest BCUT2D eigenvalue weighted by molar-refractivity contribution is 0.0215. The van der Waals surface area contributed by atoms with Gasteiger partial charge in [-0.05, 0) is 40.0 Å². The summed E-state index contributed by atoms with van der Waals surface area (Å²) in [6, 6.07) is 2.10. The van der Waals surface area contributed by atoms with Crippen molar-refractivity contribution in [1.82, 2.24) is 14.6 Å². The number of anilines is 1. The number of ether oxygens (including phenoxy) is 1. The molecular weight excluding hydrogens is 264 g/mol. The molecule has 2 aromatic rings. The van der Waals surface area contributed by atoms with Crippen LogP contribution in [0.5, 0.6) is 0 Å². The molecule has 1 aliphatic heterocycles. The Hall–Kier alpha value is -1.62. The van der Waals surface area contributed by atoms with Crippen LogP contribution in [-0.2, 0) is 4.74 Å². The number of likely N-dealkylation sites (N-methyl/N-ethyl adjacent to an activating group) is 1. The van der Waals surface area contributed by atoms with E-state index in [-0.39, 0.29) is 0 Å². The summed E-state index contributed by atoms with van der Waals surface area (Å²) in [6.07, 6.45) is 3.93. The summed E-state index contributed by atoms with van der Waals surface area (Å²) < 4.78 is 7.81. The molecule has 1 saturated heterocycles. The van der Waals surface area contributed by atoms with Gasteiger partial charge in [-0.1, -0.05) is 0 Å². The van der Waals surface area contributed by atoms with Crippen molar-refractivity contribution in [1.29, 1.82) is 0 Å². The molecule has 21 heavy (non-hydrogen) atoms. The van der Waals surface area contributed by atoms with Crippen molar-refractivity contribution >= 4 is 11.5 Å². The van der Waals surface area contributed by atoms with E-state index in [1.807, 2.05) is 18.4 Å². The van der Waals surface area contributed by atoms with Crippen LogP contribution in [0.4, 0.5) is 5.82 Å². The minimum atomic E-state index is 0.324. The summed E-state index contributed by atoms with van der Waals surface area (Å²) in [5.74, 6) is 1.09. The smallest absolute Gasteiger partial charge is 0.160 e. The molecule has 0 aliphatic carbocycles. The second kappa shape index (κ2) is 5.64. The second-order valence-corrected chi connectivity index (χ2v) is 6.07. The zero-order chi connectivity index (χ0) is 15.0. The number of hydrogen-bond donors (Lipinski definition) is 0. The molecule has 0 saturated carbocycles. The van der Waals surface area contributed by atoms with Gasteiger partial charge in [0, 0.05) is 37.5 Å². The number of aryl methyl sites for hydroxylation is 3. The first-order chi connectivity index (χ1) is 10.1. The molecule has 0 spiro atoms. The zero-order valence-corrected chi connectivity index (χ0v) is 13.4. The summed E-state index contributed by atoms with van der Waals surface area (Å²) in [5.41, 5.74) is 4.18. The van der Waals surface area contributed by atoms with Gasteiger partial charge >= 0.3 is 0 Å². The predicted octanol–water partition coefficient (Wildman–Crippen LogP) is 2.66. The summed E-state index contributed by atoms with van der Waals surface area (Å²) in [5, 5.41) is 4.64. The molecule has 3 heterocycles. The third kappa shape index (κ3) is 2.75. The first-order valence-electron chi connectivity index (χ1n) is 7.72. The number of hydrogen-bond acceptors (Lipinski definition) is 4. The van der Waals surface area contributed by atoms with Crippen LogP contribution in [-0.4, -0.2) is 40.9 Å². The lowest BCUT2D eigenvalue weighted by Gasteiger charge is -2.28. The molecule has 1 atom stereocenters. The first-order valence-corrected chi connectivity index (χ1v) is 7.72. The van der Waals surface area contributed by atoms with Crippen molar-refractivity contribution in [2.24, 2.45) is 0 Å². The minimum Gasteiger partial charge on any atom is -0.376 e. The van der Waals surface area contributed by atoms with Gasteiger partial charge in [0.1, 0.15) is 5.82 Å². The predicted molar refractivity (Wildman–Crippen MR) is 84.1 cm³/mol. The van der Waals surface area contributed by atoms with Crippen molar-refractivity contribution in [3.63, 3.8) is 0 Å². The lowest BCUT2D eigenvalue weighted by atomic mass is 10.1. The average Bonchev–Trinajstić information content (AvgIpc) is 2.75. The van der Waals surface area contributed by atoms with Gasteiger partial charge in [-0.3, -0.25) is 0 Å². The van der Waals surface area contributed by atoms with Gasteiger partial charge in [0.05, 0.1) is 11.8 Å². The molecule has 0 unspecified atom stereocenters. The van der Waals surface area contributed by atoms with E-state index >= 15 is 0 Å². The van der Waals surface area contributed by atoms with Gasteiger partial charge in [0.25, 0.3) is 0 Å². The average molecular weight is 288 g/mol. The monoisotopic (exact) mass is 288 g/mol. The van der Waals surface area contributed by atoms with Gasteiger partial charge in [-0.2, -0.15) is 9.61 Å². The zero-order valence-electron chi connectivity index (χ0n) is 13.4. The lowest BCUT2D eigenvalue weighted by Crippen LogP contribution is -2.34. The Morgan fingerprint density at radius 1 is 1.33 bits per heavy atom. The van der Waals surface area contributed by atoms with Gasteiger partial charge < -0.3 is 9.64 Å². The maximum absolute atomic E-state index is 5.85. The van der Waals surface area contributed by atoms with Gasteiger partial charge in [-0.25, -0.2) is 4.98 Å². The molecule has 3 rings (SSSR count). The Labute approximate surface area is 125 Å². The molecular formula is C16H24N4O. The van der Waals surface area contributed by atoms with E-state index in [0.29, 0.717) is 6.10 Å². The summed E-state index contributed by atoms with van der Waals surface area (Å²) in [7, 11) is 2.11. The summed E-state index contributed by atoms with van der Waals surface area (Å²) in [4.78, 5) is 6.87. The van der Waals surface area contributed by atoms with Crippen LogP contribution >= 0.6 is 0 Å². The molecule has 0 bridgehead atoms. The third-order valence-corrected chi connectivity index (χ3v) is 4.31. The van der Waals surface area contributed by atoms with Crippen LogP contribution in [0.1, 0.15) is 36.2 Å². The van der Waals surface area contributed by atoms with E-state index in [2.05, 4.69) is 35.0 Å². The Morgan fingerprint density at radius 3 is 2.86 bits per heavy atom. The summed E-state index contributed by atoms with van der Waals surface area (Å²) >= 11 is 0. The molecule has 114 valence electrons. The highest BCUT2D eigenvalue weighted by atomic mass is 16.5. The van der Waals surface area contributed by atoms with E-state index in [1.54, 1.807) is 0 Å². The van der Waals surface area contributed by atoms with Crippen molar-refractivity contribution in [3.05, 3.63) is 23.0 Å². The largest absolute Gasteiger partial charge is 0.376 e. The highest BCUT2D eigenvalue weighted by molar-refractivity contribution is 5.56. The standard InChI is InChI=1S/C16H24N4O/c1-11-9-15(19(4)10-14-7-5-6-8-21-14)20-16(17-11)12(2)13(3)18-20/h9,14H,5-8,10H2,1-4H3/t14-/m1/s1. The van der Waals surface area contributed by atoms with Crippen LogP contribution in [0, 0.1) is 20.8 Å². The molecule has 0 amide bonds. The number of rotatable bonds is 3. The molecule has 1 aliphatic rings. The molecule has 0 aromatic carbocycles. The number of fused-ring (bicyclic) bond motifs is 1. The summed E-state index contributed by atoms with van der Waals surface area (Å²) in [6.45, 7) is 7.95. The van der Waals surface area contributed by atoms with E-state index in [4.69, 9.17) is 4.74 Å². The van der Waals surface area contributed by atoms with Crippen molar-refractivity contribution in [3.8, 4) is 0 Å².